The molecular formula is C11H8BrFN2O. The zero-order chi connectivity index (χ0) is 11.7. The van der Waals surface area contributed by atoms with E-state index in [9.17, 15) is 9.18 Å². The van der Waals surface area contributed by atoms with E-state index in [4.69, 9.17) is 0 Å². The summed E-state index contributed by atoms with van der Waals surface area (Å²) < 4.78 is 15.6. The number of carbonyl (C=O) groups excluding carboxylic acids is 1. The Morgan fingerprint density at radius 1 is 1.44 bits per heavy atom. The van der Waals surface area contributed by atoms with Gasteiger partial charge in [-0.05, 0) is 24.3 Å². The molecular weight excluding hydrogens is 275 g/mol. The number of benzene rings is 1. The fourth-order valence-electron chi connectivity index (χ4n) is 1.35. The predicted molar refractivity (Wildman–Crippen MR) is 60.7 cm³/mol. The summed E-state index contributed by atoms with van der Waals surface area (Å²) in [6, 6.07) is 5.88. The number of halogens is 2. The molecule has 0 aliphatic rings. The molecule has 0 spiro atoms. The summed E-state index contributed by atoms with van der Waals surface area (Å²) in [4.78, 5) is 11.9. The van der Waals surface area contributed by atoms with Crippen LogP contribution in [0.2, 0.25) is 0 Å². The molecule has 0 bridgehead atoms. The maximum absolute atomic E-state index is 13.5. The van der Waals surface area contributed by atoms with E-state index in [1.54, 1.807) is 25.4 Å². The zero-order valence-electron chi connectivity index (χ0n) is 8.45. The van der Waals surface area contributed by atoms with E-state index < -0.39 is 11.6 Å². The first-order valence-electron chi connectivity index (χ1n) is 4.57. The lowest BCUT2D eigenvalue weighted by Gasteiger charge is -2.00. The second-order valence-electron chi connectivity index (χ2n) is 3.33. The van der Waals surface area contributed by atoms with E-state index in [0.717, 1.165) is 0 Å². The third-order valence-corrected chi connectivity index (χ3v) is 2.62. The van der Waals surface area contributed by atoms with Gasteiger partial charge in [-0.2, -0.15) is 5.10 Å². The molecule has 3 nitrogen and oxygen atoms in total. The Morgan fingerprint density at radius 2 is 2.19 bits per heavy atom. The lowest BCUT2D eigenvalue weighted by Crippen LogP contribution is -2.05. The molecule has 1 heterocycles. The predicted octanol–water partition coefficient (Wildman–Crippen LogP) is 2.55. The number of hydrogen-bond donors (Lipinski definition) is 0. The molecule has 0 unspecified atom stereocenters. The smallest absolute Gasteiger partial charge is 0.216 e. The minimum atomic E-state index is -0.551. The standard InChI is InChI=1S/C11H8BrFN2O/c1-15-5-4-10(14-15)11(16)8-3-2-7(12)6-9(8)13/h2-6H,1H3. The van der Waals surface area contributed by atoms with Crippen molar-refractivity contribution >= 4 is 21.7 Å². The number of carbonyl (C=O) groups is 1. The number of aryl methyl sites for hydroxylation is 1. The Bertz CT molecular complexity index is 551. The summed E-state index contributed by atoms with van der Waals surface area (Å²) in [5, 5.41) is 3.94. The molecule has 82 valence electrons. The van der Waals surface area contributed by atoms with Gasteiger partial charge in [0.2, 0.25) is 5.78 Å². The summed E-state index contributed by atoms with van der Waals surface area (Å²) in [5.74, 6) is -0.962. The van der Waals surface area contributed by atoms with Crippen LogP contribution in [0, 0.1) is 5.82 Å². The Kier molecular flexibility index (Phi) is 2.87. The van der Waals surface area contributed by atoms with Gasteiger partial charge in [0.15, 0.2) is 0 Å². The van der Waals surface area contributed by atoms with Crippen molar-refractivity contribution in [2.75, 3.05) is 0 Å². The van der Waals surface area contributed by atoms with Crippen LogP contribution in [-0.4, -0.2) is 15.6 Å². The molecule has 2 aromatic rings. The Labute approximate surface area is 100 Å². The SMILES string of the molecule is Cn1ccc(C(=O)c2ccc(Br)cc2F)n1. The maximum Gasteiger partial charge on any atom is 0.216 e. The van der Waals surface area contributed by atoms with Gasteiger partial charge in [-0.25, -0.2) is 4.39 Å². The molecule has 1 aromatic carbocycles. The molecule has 0 fully saturated rings. The quantitative estimate of drug-likeness (QED) is 0.794. The minimum absolute atomic E-state index is 0.0295. The van der Waals surface area contributed by atoms with Crippen LogP contribution in [0.3, 0.4) is 0 Å². The van der Waals surface area contributed by atoms with E-state index in [0.29, 0.717) is 4.47 Å². The highest BCUT2D eigenvalue weighted by molar-refractivity contribution is 9.10. The lowest BCUT2D eigenvalue weighted by atomic mass is 10.1. The number of nitrogens with zero attached hydrogens (tertiary/aromatic N) is 2. The summed E-state index contributed by atoms with van der Waals surface area (Å²) in [5.41, 5.74) is 0.269. The second-order valence-corrected chi connectivity index (χ2v) is 4.24. The zero-order valence-corrected chi connectivity index (χ0v) is 10.0. The van der Waals surface area contributed by atoms with Crippen LogP contribution in [0.25, 0.3) is 0 Å². The van der Waals surface area contributed by atoms with E-state index in [1.807, 2.05) is 0 Å². The molecule has 1 aromatic heterocycles. The first-order chi connectivity index (χ1) is 7.58. The van der Waals surface area contributed by atoms with Gasteiger partial charge in [0.25, 0.3) is 0 Å². The molecule has 0 radical (unpaired) electrons. The average Bonchev–Trinajstić information content (AvgIpc) is 2.64. The maximum atomic E-state index is 13.5. The lowest BCUT2D eigenvalue weighted by molar-refractivity contribution is 0.103. The van der Waals surface area contributed by atoms with Crippen LogP contribution in [0.5, 0.6) is 0 Å². The largest absolute Gasteiger partial charge is 0.287 e. The van der Waals surface area contributed by atoms with Gasteiger partial charge in [0.1, 0.15) is 11.5 Å². The highest BCUT2D eigenvalue weighted by Crippen LogP contribution is 2.17. The molecule has 0 N–H and O–H groups in total. The fourth-order valence-corrected chi connectivity index (χ4v) is 1.68. The molecule has 0 atom stereocenters. The molecule has 0 aliphatic heterocycles. The summed E-state index contributed by atoms with van der Waals surface area (Å²) in [6.07, 6.45) is 1.64. The van der Waals surface area contributed by atoms with Gasteiger partial charge in [-0.3, -0.25) is 9.48 Å². The van der Waals surface area contributed by atoms with Gasteiger partial charge >= 0.3 is 0 Å². The van der Waals surface area contributed by atoms with E-state index in [-0.39, 0.29) is 11.3 Å². The first-order valence-corrected chi connectivity index (χ1v) is 5.36. The molecule has 5 heteroatoms. The number of hydrogen-bond acceptors (Lipinski definition) is 2. The van der Waals surface area contributed by atoms with Crippen LogP contribution < -0.4 is 0 Å². The van der Waals surface area contributed by atoms with E-state index >= 15 is 0 Å². The Hall–Kier alpha value is -1.49. The number of aromatic nitrogens is 2. The monoisotopic (exact) mass is 282 g/mol. The second kappa shape index (κ2) is 4.17. The Morgan fingerprint density at radius 3 is 2.75 bits per heavy atom. The third-order valence-electron chi connectivity index (χ3n) is 2.12. The van der Waals surface area contributed by atoms with Crippen LogP contribution in [0.4, 0.5) is 4.39 Å². The molecule has 2 rings (SSSR count). The van der Waals surface area contributed by atoms with Crippen molar-refractivity contribution in [1.82, 2.24) is 9.78 Å². The number of rotatable bonds is 2. The van der Waals surface area contributed by atoms with Crippen LogP contribution in [0.15, 0.2) is 34.9 Å². The third kappa shape index (κ3) is 2.04. The van der Waals surface area contributed by atoms with Crippen molar-refractivity contribution in [3.05, 3.63) is 52.0 Å². The topological polar surface area (TPSA) is 34.9 Å². The first kappa shape index (κ1) is 11.0. The van der Waals surface area contributed by atoms with Gasteiger partial charge in [-0.15, -0.1) is 0 Å². The van der Waals surface area contributed by atoms with Crippen molar-refractivity contribution in [2.45, 2.75) is 0 Å². The normalized spacial score (nSPS) is 10.4. The summed E-state index contributed by atoms with van der Waals surface area (Å²) in [6.45, 7) is 0. The van der Waals surface area contributed by atoms with Crippen LogP contribution in [-0.2, 0) is 7.05 Å². The van der Waals surface area contributed by atoms with Crippen molar-refractivity contribution in [3.63, 3.8) is 0 Å². The molecule has 16 heavy (non-hydrogen) atoms. The van der Waals surface area contributed by atoms with Crippen molar-refractivity contribution in [3.8, 4) is 0 Å². The summed E-state index contributed by atoms with van der Waals surface area (Å²) >= 11 is 3.13. The molecule has 0 saturated heterocycles. The van der Waals surface area contributed by atoms with Crippen LogP contribution >= 0.6 is 15.9 Å². The molecule has 0 amide bonds. The van der Waals surface area contributed by atoms with Gasteiger partial charge in [0, 0.05) is 17.7 Å². The van der Waals surface area contributed by atoms with Crippen molar-refractivity contribution in [1.29, 1.82) is 0 Å². The van der Waals surface area contributed by atoms with E-state index in [2.05, 4.69) is 21.0 Å². The highest BCUT2D eigenvalue weighted by Gasteiger charge is 2.16. The van der Waals surface area contributed by atoms with Gasteiger partial charge < -0.3 is 0 Å². The van der Waals surface area contributed by atoms with Gasteiger partial charge in [0.05, 0.1) is 5.56 Å². The highest BCUT2D eigenvalue weighted by atomic mass is 79.9. The molecule has 0 saturated carbocycles. The fraction of sp³-hybridized carbons (Fsp3) is 0.0909. The van der Waals surface area contributed by atoms with Crippen LogP contribution in [0.1, 0.15) is 16.1 Å². The average molecular weight is 283 g/mol. The van der Waals surface area contributed by atoms with Gasteiger partial charge in [-0.1, -0.05) is 15.9 Å². The molecule has 0 aliphatic carbocycles. The Balaban J connectivity index is 2.41. The van der Waals surface area contributed by atoms with Crippen molar-refractivity contribution in [2.24, 2.45) is 7.05 Å². The minimum Gasteiger partial charge on any atom is -0.287 e. The van der Waals surface area contributed by atoms with Crippen molar-refractivity contribution < 1.29 is 9.18 Å². The summed E-state index contributed by atoms with van der Waals surface area (Å²) in [7, 11) is 1.70. The van der Waals surface area contributed by atoms with E-state index in [1.165, 1.54) is 16.8 Å². The number of ketones is 1.